The largest absolute Gasteiger partial charge is 0.277 e. The molecule has 0 aromatic carbocycles. The molecule has 0 aromatic heterocycles. The fourth-order valence-electron chi connectivity index (χ4n) is 0.258. The highest BCUT2D eigenvalue weighted by Crippen LogP contribution is 1.93. The van der Waals surface area contributed by atoms with Gasteiger partial charge in [-0.15, -0.1) is 0 Å². The van der Waals surface area contributed by atoms with Crippen LogP contribution in [0.2, 0.25) is 0 Å². The molecule has 0 saturated heterocycles. The average Bonchev–Trinajstić information content (AvgIpc) is 1.61. The van der Waals surface area contributed by atoms with E-state index in [1.165, 1.54) is 0 Å². The van der Waals surface area contributed by atoms with Crippen LogP contribution in [0.1, 0.15) is 13.8 Å². The Morgan fingerprint density at radius 2 is 2.38 bits per heavy atom. The van der Waals surface area contributed by atoms with E-state index in [-0.39, 0.29) is 0 Å². The van der Waals surface area contributed by atoms with E-state index in [1.54, 1.807) is 6.92 Å². The van der Waals surface area contributed by atoms with Crippen molar-refractivity contribution in [2.24, 2.45) is 4.99 Å². The van der Waals surface area contributed by atoms with Crippen molar-refractivity contribution in [1.82, 2.24) is 0 Å². The van der Waals surface area contributed by atoms with Crippen molar-refractivity contribution in [3.05, 3.63) is 0 Å². The van der Waals surface area contributed by atoms with Crippen LogP contribution >= 0.6 is 24.2 Å². The Labute approximate surface area is 60.6 Å². The van der Waals surface area contributed by atoms with E-state index in [4.69, 9.17) is 11.6 Å². The van der Waals surface area contributed by atoms with Crippen LogP contribution in [-0.2, 0) is 0 Å². The lowest BCUT2D eigenvalue weighted by Crippen LogP contribution is -1.96. The van der Waals surface area contributed by atoms with Gasteiger partial charge in [0.05, 0.1) is 11.7 Å². The van der Waals surface area contributed by atoms with Gasteiger partial charge in [-0.25, -0.2) is 0 Å². The van der Waals surface area contributed by atoms with E-state index in [1.807, 2.05) is 6.92 Å². The summed E-state index contributed by atoms with van der Waals surface area (Å²) in [6.07, 6.45) is 0. The lowest BCUT2D eigenvalue weighted by atomic mass is 10.5. The molecule has 1 unspecified atom stereocenters. The smallest absolute Gasteiger partial charge is 0.0972 e. The molecule has 1 atom stereocenters. The third kappa shape index (κ3) is 6.31. The molecule has 0 aliphatic rings. The van der Waals surface area contributed by atoms with Gasteiger partial charge in [-0.3, -0.25) is 4.99 Å². The van der Waals surface area contributed by atoms with Gasteiger partial charge in [-0.1, -0.05) is 18.5 Å². The van der Waals surface area contributed by atoms with Gasteiger partial charge in [0.1, 0.15) is 0 Å². The Kier molecular flexibility index (Phi) is 4.38. The molecule has 0 radical (unpaired) electrons. The van der Waals surface area contributed by atoms with Gasteiger partial charge in [0, 0.05) is 5.25 Å². The van der Waals surface area contributed by atoms with Crippen LogP contribution in [0.3, 0.4) is 0 Å². The van der Waals surface area contributed by atoms with Crippen LogP contribution in [0.4, 0.5) is 0 Å². The van der Waals surface area contributed by atoms with Crippen molar-refractivity contribution in [2.45, 2.75) is 19.1 Å². The molecule has 48 valence electrons. The predicted octanol–water partition coefficient (Wildman–Crippen LogP) is 1.96. The summed E-state index contributed by atoms with van der Waals surface area (Å²) in [5, 5.41) is 0.912. The topological polar surface area (TPSA) is 12.4 Å². The molecule has 0 N–H and O–H groups in total. The maximum absolute atomic E-state index is 5.44. The zero-order valence-electron chi connectivity index (χ0n) is 5.06. The minimum atomic E-state index is 0.309. The molecular weight excluding hydrogens is 142 g/mol. The first-order valence-electron chi connectivity index (χ1n) is 2.47. The number of thiol groups is 1. The molecule has 1 nitrogen and oxygen atoms in total. The summed E-state index contributed by atoms with van der Waals surface area (Å²) in [4.78, 5) is 3.93. The molecule has 3 heteroatoms. The lowest BCUT2D eigenvalue weighted by molar-refractivity contribution is 0.961. The summed E-state index contributed by atoms with van der Waals surface area (Å²) in [7, 11) is 0. The molecule has 0 aromatic rings. The SMILES string of the molecule is CC(Cl)=NCC(C)S. The van der Waals surface area contributed by atoms with E-state index in [2.05, 4.69) is 17.6 Å². The molecule has 0 spiro atoms. The third-order valence-electron chi connectivity index (χ3n) is 0.573. The quantitative estimate of drug-likeness (QED) is 0.458. The molecule has 0 rings (SSSR count). The molecule has 8 heavy (non-hydrogen) atoms. The second-order valence-corrected chi connectivity index (χ2v) is 3.12. The van der Waals surface area contributed by atoms with Crippen LogP contribution in [-0.4, -0.2) is 17.0 Å². The van der Waals surface area contributed by atoms with E-state index in [0.29, 0.717) is 17.0 Å². The second kappa shape index (κ2) is 4.21. The van der Waals surface area contributed by atoms with Crippen molar-refractivity contribution in [3.8, 4) is 0 Å². The molecular formula is C5H10ClNS. The summed E-state index contributed by atoms with van der Waals surface area (Å²) in [6, 6.07) is 0. The Morgan fingerprint density at radius 3 is 2.50 bits per heavy atom. The fraction of sp³-hybridized carbons (Fsp3) is 0.800. The second-order valence-electron chi connectivity index (χ2n) is 1.69. The van der Waals surface area contributed by atoms with Crippen molar-refractivity contribution < 1.29 is 0 Å². The number of nitrogens with zero attached hydrogens (tertiary/aromatic N) is 1. The first-order valence-corrected chi connectivity index (χ1v) is 3.37. The summed E-state index contributed by atoms with van der Waals surface area (Å²) < 4.78 is 0. The lowest BCUT2D eigenvalue weighted by Gasteiger charge is -1.95. The minimum absolute atomic E-state index is 0.309. The summed E-state index contributed by atoms with van der Waals surface area (Å²) in [5.74, 6) is 0. The molecule has 0 aliphatic carbocycles. The van der Waals surface area contributed by atoms with E-state index in [0.717, 1.165) is 0 Å². The van der Waals surface area contributed by atoms with Crippen molar-refractivity contribution in [2.75, 3.05) is 6.54 Å². The van der Waals surface area contributed by atoms with E-state index >= 15 is 0 Å². The van der Waals surface area contributed by atoms with Gasteiger partial charge in [0.2, 0.25) is 0 Å². The van der Waals surface area contributed by atoms with Crippen molar-refractivity contribution in [3.63, 3.8) is 0 Å². The normalized spacial score (nSPS) is 16.2. The van der Waals surface area contributed by atoms with Crippen molar-refractivity contribution >= 4 is 29.4 Å². The fourth-order valence-corrected chi connectivity index (χ4v) is 0.409. The summed E-state index contributed by atoms with van der Waals surface area (Å²) in [5.41, 5.74) is 0. The van der Waals surface area contributed by atoms with Crippen LogP contribution < -0.4 is 0 Å². The van der Waals surface area contributed by atoms with Gasteiger partial charge in [0.15, 0.2) is 0 Å². The number of rotatable bonds is 2. The maximum Gasteiger partial charge on any atom is 0.0972 e. The van der Waals surface area contributed by atoms with E-state index < -0.39 is 0 Å². The first kappa shape index (κ1) is 8.31. The number of halogens is 1. The average molecular weight is 152 g/mol. The Morgan fingerprint density at radius 1 is 1.88 bits per heavy atom. The Bertz CT molecular complexity index is 86.4. The van der Waals surface area contributed by atoms with Crippen LogP contribution in [0.5, 0.6) is 0 Å². The van der Waals surface area contributed by atoms with Crippen LogP contribution in [0, 0.1) is 0 Å². The number of hydrogen-bond acceptors (Lipinski definition) is 2. The highest BCUT2D eigenvalue weighted by Gasteiger charge is 1.89. The van der Waals surface area contributed by atoms with Crippen LogP contribution in [0.15, 0.2) is 4.99 Å². The molecule has 0 fully saturated rings. The zero-order valence-corrected chi connectivity index (χ0v) is 6.71. The molecule has 0 aliphatic heterocycles. The van der Waals surface area contributed by atoms with Gasteiger partial charge in [0.25, 0.3) is 0 Å². The van der Waals surface area contributed by atoms with Gasteiger partial charge in [-0.2, -0.15) is 12.6 Å². The van der Waals surface area contributed by atoms with E-state index in [9.17, 15) is 0 Å². The first-order chi connectivity index (χ1) is 3.63. The van der Waals surface area contributed by atoms with Gasteiger partial charge >= 0.3 is 0 Å². The monoisotopic (exact) mass is 151 g/mol. The third-order valence-corrected chi connectivity index (χ3v) is 0.856. The molecule has 0 saturated carbocycles. The highest BCUT2D eigenvalue weighted by atomic mass is 35.5. The number of hydrogen-bond donors (Lipinski definition) is 1. The minimum Gasteiger partial charge on any atom is -0.277 e. The predicted molar refractivity (Wildman–Crippen MR) is 42.3 cm³/mol. The number of aliphatic imine (C=N–C) groups is 1. The maximum atomic E-state index is 5.44. The highest BCUT2D eigenvalue weighted by molar-refractivity contribution is 7.80. The summed E-state index contributed by atoms with van der Waals surface area (Å²) in [6.45, 7) is 4.45. The molecule has 0 bridgehead atoms. The van der Waals surface area contributed by atoms with Crippen LogP contribution in [0.25, 0.3) is 0 Å². The standard InChI is InChI=1S/C5H10ClNS/c1-4(8)3-7-5(2)6/h4,8H,3H2,1-2H3. The zero-order chi connectivity index (χ0) is 6.57. The molecule has 0 heterocycles. The van der Waals surface area contributed by atoms with Crippen molar-refractivity contribution in [1.29, 1.82) is 0 Å². The summed E-state index contributed by atoms with van der Waals surface area (Å²) >= 11 is 9.54. The molecule has 0 amide bonds. The Balaban J connectivity index is 3.29. The van der Waals surface area contributed by atoms with Gasteiger partial charge in [-0.05, 0) is 6.92 Å². The van der Waals surface area contributed by atoms with Gasteiger partial charge < -0.3 is 0 Å². The Hall–Kier alpha value is 0.310.